The Balaban J connectivity index is 3.35. The normalized spacial score (nSPS) is 11.2. The molecule has 0 aliphatic heterocycles. The number of halogens is 4. The van der Waals surface area contributed by atoms with Gasteiger partial charge in [-0.05, 0) is 27.7 Å². The third kappa shape index (κ3) is 2.86. The van der Waals surface area contributed by atoms with Gasteiger partial charge in [-0.1, -0.05) is 0 Å². The molecule has 2 nitrogen and oxygen atoms in total. The van der Waals surface area contributed by atoms with Gasteiger partial charge in [0, 0.05) is 0 Å². The van der Waals surface area contributed by atoms with Crippen molar-refractivity contribution in [1.82, 2.24) is 0 Å². The molecular formula is C12H14F4O2. The second kappa shape index (κ2) is 5.46. The van der Waals surface area contributed by atoms with Crippen LogP contribution < -0.4 is 9.47 Å². The van der Waals surface area contributed by atoms with Crippen LogP contribution >= 0.6 is 0 Å². The highest BCUT2D eigenvalue weighted by atomic mass is 19.2. The molecule has 0 unspecified atom stereocenters. The summed E-state index contributed by atoms with van der Waals surface area (Å²) in [6.45, 7) is 5.92. The van der Waals surface area contributed by atoms with Crippen molar-refractivity contribution >= 4 is 0 Å². The van der Waals surface area contributed by atoms with Crippen LogP contribution in [0.4, 0.5) is 17.6 Å². The van der Waals surface area contributed by atoms with Crippen LogP contribution in [-0.2, 0) is 0 Å². The van der Waals surface area contributed by atoms with Gasteiger partial charge >= 0.3 is 0 Å². The van der Waals surface area contributed by atoms with E-state index < -0.39 is 47.0 Å². The average Bonchev–Trinajstić information content (AvgIpc) is 2.27. The van der Waals surface area contributed by atoms with Gasteiger partial charge in [-0.25, -0.2) is 0 Å². The maximum Gasteiger partial charge on any atom is 0.207 e. The van der Waals surface area contributed by atoms with Gasteiger partial charge < -0.3 is 9.47 Å². The molecule has 18 heavy (non-hydrogen) atoms. The van der Waals surface area contributed by atoms with Gasteiger partial charge in [-0.2, -0.15) is 17.6 Å². The van der Waals surface area contributed by atoms with Crippen molar-refractivity contribution in [3.05, 3.63) is 23.3 Å². The van der Waals surface area contributed by atoms with Crippen LogP contribution in [0.2, 0.25) is 0 Å². The van der Waals surface area contributed by atoms with Crippen molar-refractivity contribution in [2.75, 3.05) is 0 Å². The Hall–Kier alpha value is -1.46. The van der Waals surface area contributed by atoms with E-state index in [1.54, 1.807) is 0 Å². The third-order valence-electron chi connectivity index (χ3n) is 1.89. The molecule has 1 rings (SSSR count). The molecule has 102 valence electrons. The monoisotopic (exact) mass is 266 g/mol. The summed E-state index contributed by atoms with van der Waals surface area (Å²) in [4.78, 5) is 0. The molecule has 0 aromatic heterocycles. The summed E-state index contributed by atoms with van der Waals surface area (Å²) in [5, 5.41) is 0. The van der Waals surface area contributed by atoms with Gasteiger partial charge in [0.2, 0.25) is 23.3 Å². The lowest BCUT2D eigenvalue weighted by Crippen LogP contribution is -2.14. The number of hydrogen-bond donors (Lipinski definition) is 0. The number of ether oxygens (including phenoxy) is 2. The molecule has 6 heteroatoms. The van der Waals surface area contributed by atoms with Crippen molar-refractivity contribution in [2.24, 2.45) is 0 Å². The van der Waals surface area contributed by atoms with Gasteiger partial charge in [0.05, 0.1) is 12.2 Å². The molecule has 0 bridgehead atoms. The Labute approximate surface area is 103 Å². The first-order valence-electron chi connectivity index (χ1n) is 5.44. The molecule has 0 saturated carbocycles. The first-order valence-corrected chi connectivity index (χ1v) is 5.44. The Morgan fingerprint density at radius 3 is 1.00 bits per heavy atom. The Morgan fingerprint density at radius 1 is 0.611 bits per heavy atom. The van der Waals surface area contributed by atoms with Crippen LogP contribution in [0.3, 0.4) is 0 Å². The molecule has 0 spiro atoms. The predicted octanol–water partition coefficient (Wildman–Crippen LogP) is 3.82. The lowest BCUT2D eigenvalue weighted by molar-refractivity contribution is 0.190. The highest BCUT2D eigenvalue weighted by molar-refractivity contribution is 5.38. The van der Waals surface area contributed by atoms with E-state index in [2.05, 4.69) is 0 Å². The van der Waals surface area contributed by atoms with Crippen LogP contribution in [0.5, 0.6) is 11.5 Å². The van der Waals surface area contributed by atoms with E-state index in [-0.39, 0.29) is 0 Å². The highest BCUT2D eigenvalue weighted by Crippen LogP contribution is 2.35. The summed E-state index contributed by atoms with van der Waals surface area (Å²) in [7, 11) is 0. The first-order chi connectivity index (χ1) is 8.25. The smallest absolute Gasteiger partial charge is 0.207 e. The standard InChI is InChI=1S/C12H14F4O2/c1-5(2)17-11-7(13)9(15)12(18-6(3)4)10(16)8(11)14/h5-6H,1-4H3. The van der Waals surface area contributed by atoms with Crippen molar-refractivity contribution in [1.29, 1.82) is 0 Å². The predicted molar refractivity (Wildman–Crippen MR) is 57.8 cm³/mol. The molecule has 0 N–H and O–H groups in total. The third-order valence-corrected chi connectivity index (χ3v) is 1.89. The second-order valence-electron chi connectivity index (χ2n) is 4.25. The molecule has 0 aliphatic rings. The minimum Gasteiger partial charge on any atom is -0.485 e. The molecule has 0 atom stereocenters. The van der Waals surface area contributed by atoms with Crippen LogP contribution in [0.1, 0.15) is 27.7 Å². The van der Waals surface area contributed by atoms with Gasteiger partial charge in [0.15, 0.2) is 11.5 Å². The van der Waals surface area contributed by atoms with E-state index in [0.717, 1.165) is 0 Å². The average molecular weight is 266 g/mol. The van der Waals surface area contributed by atoms with Gasteiger partial charge in [0.1, 0.15) is 0 Å². The second-order valence-corrected chi connectivity index (χ2v) is 4.25. The maximum absolute atomic E-state index is 13.5. The first kappa shape index (κ1) is 14.6. The van der Waals surface area contributed by atoms with Gasteiger partial charge in [-0.3, -0.25) is 0 Å². The van der Waals surface area contributed by atoms with Crippen molar-refractivity contribution in [3.8, 4) is 11.5 Å². The summed E-state index contributed by atoms with van der Waals surface area (Å²) >= 11 is 0. The van der Waals surface area contributed by atoms with Crippen LogP contribution in [0.15, 0.2) is 0 Å². The maximum atomic E-state index is 13.5. The van der Waals surface area contributed by atoms with E-state index in [9.17, 15) is 17.6 Å². The fraction of sp³-hybridized carbons (Fsp3) is 0.500. The molecular weight excluding hydrogens is 252 g/mol. The molecule has 1 aromatic rings. The number of benzene rings is 1. The summed E-state index contributed by atoms with van der Waals surface area (Å²) < 4.78 is 63.5. The fourth-order valence-corrected chi connectivity index (χ4v) is 1.27. The molecule has 0 aliphatic carbocycles. The molecule has 0 fully saturated rings. The van der Waals surface area contributed by atoms with Gasteiger partial charge in [0.25, 0.3) is 0 Å². The molecule has 0 saturated heterocycles. The van der Waals surface area contributed by atoms with E-state index in [4.69, 9.17) is 9.47 Å². The highest BCUT2D eigenvalue weighted by Gasteiger charge is 2.28. The topological polar surface area (TPSA) is 18.5 Å². The lowest BCUT2D eigenvalue weighted by Gasteiger charge is -2.16. The zero-order valence-corrected chi connectivity index (χ0v) is 10.5. The summed E-state index contributed by atoms with van der Waals surface area (Å²) in [5.41, 5.74) is 0. The Bertz CT molecular complexity index is 374. The van der Waals surface area contributed by atoms with E-state index >= 15 is 0 Å². The largest absolute Gasteiger partial charge is 0.485 e. The zero-order valence-electron chi connectivity index (χ0n) is 10.5. The van der Waals surface area contributed by atoms with Crippen molar-refractivity contribution < 1.29 is 27.0 Å². The number of hydrogen-bond acceptors (Lipinski definition) is 2. The van der Waals surface area contributed by atoms with E-state index in [1.807, 2.05) is 0 Å². The van der Waals surface area contributed by atoms with E-state index in [0.29, 0.717) is 0 Å². The molecule has 0 radical (unpaired) electrons. The Morgan fingerprint density at radius 2 is 0.833 bits per heavy atom. The summed E-state index contributed by atoms with van der Waals surface area (Å²) in [6.07, 6.45) is -1.24. The molecule has 0 heterocycles. The summed E-state index contributed by atoms with van der Waals surface area (Å²) in [6, 6.07) is 0. The Kier molecular flexibility index (Phi) is 4.43. The zero-order chi connectivity index (χ0) is 14.0. The van der Waals surface area contributed by atoms with Crippen LogP contribution in [-0.4, -0.2) is 12.2 Å². The molecule has 0 amide bonds. The minimum atomic E-state index is -1.60. The van der Waals surface area contributed by atoms with Crippen LogP contribution in [0, 0.1) is 23.3 Å². The quantitative estimate of drug-likeness (QED) is 0.609. The van der Waals surface area contributed by atoms with Gasteiger partial charge in [-0.15, -0.1) is 0 Å². The number of rotatable bonds is 4. The van der Waals surface area contributed by atoms with Crippen molar-refractivity contribution in [3.63, 3.8) is 0 Å². The lowest BCUT2D eigenvalue weighted by atomic mass is 10.2. The van der Waals surface area contributed by atoms with E-state index in [1.165, 1.54) is 27.7 Å². The SMILES string of the molecule is CC(C)Oc1c(F)c(F)c(OC(C)C)c(F)c1F. The minimum absolute atomic E-state index is 0.621. The van der Waals surface area contributed by atoms with Crippen LogP contribution in [0.25, 0.3) is 0 Å². The summed E-state index contributed by atoms with van der Waals surface area (Å²) in [5.74, 6) is -8.54. The van der Waals surface area contributed by atoms with Crippen molar-refractivity contribution in [2.45, 2.75) is 39.9 Å². The fourth-order valence-electron chi connectivity index (χ4n) is 1.27. The molecule has 1 aromatic carbocycles.